The van der Waals surface area contributed by atoms with Crippen LogP contribution in [0, 0.1) is 11.8 Å². The average molecular weight is 335 g/mol. The van der Waals surface area contributed by atoms with Crippen molar-refractivity contribution in [3.05, 3.63) is 59.7 Å². The first-order chi connectivity index (χ1) is 12.2. The minimum Gasteiger partial charge on any atom is -0.392 e. The molecular formula is C22H25NO2. The number of nitrogens with zero attached hydrogens (tertiary/aromatic N) is 1. The number of hydrogen-bond acceptors (Lipinski definition) is 2. The molecular weight excluding hydrogens is 310 g/mol. The van der Waals surface area contributed by atoms with Gasteiger partial charge in [-0.2, -0.15) is 0 Å². The Morgan fingerprint density at radius 3 is 2.56 bits per heavy atom. The van der Waals surface area contributed by atoms with Gasteiger partial charge in [0, 0.05) is 18.7 Å². The summed E-state index contributed by atoms with van der Waals surface area (Å²) in [4.78, 5) is 15.1. The molecule has 1 saturated carbocycles. The highest BCUT2D eigenvalue weighted by molar-refractivity contribution is 5.95. The van der Waals surface area contributed by atoms with Gasteiger partial charge < -0.3 is 10.0 Å². The van der Waals surface area contributed by atoms with Gasteiger partial charge in [-0.05, 0) is 59.9 Å². The molecule has 0 aromatic heterocycles. The minimum atomic E-state index is 0.00380. The van der Waals surface area contributed by atoms with Crippen molar-refractivity contribution >= 4 is 5.91 Å². The lowest BCUT2D eigenvalue weighted by Gasteiger charge is -2.41. The second-order valence-electron chi connectivity index (χ2n) is 7.50. The van der Waals surface area contributed by atoms with Crippen LogP contribution in [0.1, 0.15) is 41.6 Å². The molecule has 4 rings (SSSR count). The number of amides is 1. The van der Waals surface area contributed by atoms with E-state index in [2.05, 4.69) is 4.90 Å². The van der Waals surface area contributed by atoms with Crippen LogP contribution in [0.4, 0.5) is 0 Å². The van der Waals surface area contributed by atoms with E-state index < -0.39 is 0 Å². The van der Waals surface area contributed by atoms with Crippen molar-refractivity contribution in [1.82, 2.24) is 4.90 Å². The summed E-state index contributed by atoms with van der Waals surface area (Å²) in [6, 6.07) is 15.7. The quantitative estimate of drug-likeness (QED) is 0.917. The molecule has 0 radical (unpaired) electrons. The molecule has 1 N–H and O–H groups in total. The Balaban J connectivity index is 1.60. The molecule has 2 aliphatic rings. The third kappa shape index (κ3) is 3.34. The highest BCUT2D eigenvalue weighted by atomic mass is 16.3. The van der Waals surface area contributed by atoms with E-state index in [0.29, 0.717) is 11.8 Å². The number of aliphatic hydroxyl groups is 1. The lowest BCUT2D eigenvalue weighted by Crippen LogP contribution is -2.45. The first kappa shape index (κ1) is 16.3. The van der Waals surface area contributed by atoms with E-state index in [1.54, 1.807) is 0 Å². The molecule has 130 valence electrons. The van der Waals surface area contributed by atoms with Gasteiger partial charge in [0.25, 0.3) is 5.91 Å². The van der Waals surface area contributed by atoms with Gasteiger partial charge in [-0.25, -0.2) is 0 Å². The fourth-order valence-electron chi connectivity index (χ4n) is 4.54. The monoisotopic (exact) mass is 335 g/mol. The number of piperidine rings is 1. The number of carbonyl (C=O) groups excluding carboxylic acids is 1. The van der Waals surface area contributed by atoms with Crippen LogP contribution >= 0.6 is 0 Å². The Morgan fingerprint density at radius 1 is 1.04 bits per heavy atom. The molecule has 2 fully saturated rings. The van der Waals surface area contributed by atoms with E-state index in [1.807, 2.05) is 48.5 Å². The maximum atomic E-state index is 13.0. The van der Waals surface area contributed by atoms with Crippen LogP contribution in [0.3, 0.4) is 0 Å². The van der Waals surface area contributed by atoms with Gasteiger partial charge in [0.15, 0.2) is 0 Å². The molecule has 0 spiro atoms. The maximum absolute atomic E-state index is 13.0. The van der Waals surface area contributed by atoms with Crippen molar-refractivity contribution in [1.29, 1.82) is 0 Å². The number of hydrogen-bond donors (Lipinski definition) is 1. The van der Waals surface area contributed by atoms with Gasteiger partial charge in [0.05, 0.1) is 6.61 Å². The molecule has 2 bridgehead atoms. The summed E-state index contributed by atoms with van der Waals surface area (Å²) in [5, 5.41) is 9.58. The molecule has 2 unspecified atom stereocenters. The Bertz CT molecular complexity index is 758. The predicted octanol–water partition coefficient (Wildman–Crippen LogP) is 4.11. The van der Waals surface area contributed by atoms with Crippen molar-refractivity contribution < 1.29 is 9.90 Å². The largest absolute Gasteiger partial charge is 0.392 e. The zero-order chi connectivity index (χ0) is 17.2. The number of fused-ring (bicyclic) bond motifs is 2. The average Bonchev–Trinajstić information content (AvgIpc) is 2.67. The minimum absolute atomic E-state index is 0.00380. The molecule has 3 nitrogen and oxygen atoms in total. The van der Waals surface area contributed by atoms with Gasteiger partial charge in [-0.15, -0.1) is 0 Å². The van der Waals surface area contributed by atoms with Crippen LogP contribution in [0.2, 0.25) is 0 Å². The molecule has 1 aliphatic heterocycles. The van der Waals surface area contributed by atoms with Gasteiger partial charge in [-0.3, -0.25) is 4.79 Å². The Hall–Kier alpha value is -2.13. The van der Waals surface area contributed by atoms with Crippen molar-refractivity contribution in [2.45, 2.75) is 32.3 Å². The Labute approximate surface area is 149 Å². The van der Waals surface area contributed by atoms with Gasteiger partial charge >= 0.3 is 0 Å². The lowest BCUT2D eigenvalue weighted by molar-refractivity contribution is 0.0504. The van der Waals surface area contributed by atoms with Gasteiger partial charge in [-0.1, -0.05) is 42.8 Å². The maximum Gasteiger partial charge on any atom is 0.253 e. The van der Waals surface area contributed by atoms with E-state index in [4.69, 9.17) is 0 Å². The van der Waals surface area contributed by atoms with Gasteiger partial charge in [0.1, 0.15) is 0 Å². The Morgan fingerprint density at radius 2 is 1.80 bits per heavy atom. The zero-order valence-electron chi connectivity index (χ0n) is 14.5. The van der Waals surface area contributed by atoms with Crippen LogP contribution in [0.25, 0.3) is 11.1 Å². The second-order valence-corrected chi connectivity index (χ2v) is 7.50. The summed E-state index contributed by atoms with van der Waals surface area (Å²) in [5.41, 5.74) is 3.63. The number of carbonyl (C=O) groups is 1. The number of aliphatic hydroxyl groups excluding tert-OH is 1. The van der Waals surface area contributed by atoms with Crippen LogP contribution in [-0.4, -0.2) is 29.0 Å². The summed E-state index contributed by atoms with van der Waals surface area (Å²) in [6.45, 7) is 1.82. The third-order valence-corrected chi connectivity index (χ3v) is 5.74. The lowest BCUT2D eigenvalue weighted by atomic mass is 9.78. The summed E-state index contributed by atoms with van der Waals surface area (Å²) >= 11 is 0. The Kier molecular flexibility index (Phi) is 4.58. The highest BCUT2D eigenvalue weighted by Crippen LogP contribution is 2.35. The second kappa shape index (κ2) is 7.01. The summed E-state index contributed by atoms with van der Waals surface area (Å²) in [5.74, 6) is 1.53. The predicted molar refractivity (Wildman–Crippen MR) is 99.2 cm³/mol. The van der Waals surface area contributed by atoms with E-state index in [9.17, 15) is 9.90 Å². The van der Waals surface area contributed by atoms with Crippen molar-refractivity contribution in [2.75, 3.05) is 13.1 Å². The van der Waals surface area contributed by atoms with Crippen molar-refractivity contribution in [2.24, 2.45) is 11.8 Å². The number of rotatable bonds is 3. The normalized spacial score (nSPS) is 22.7. The van der Waals surface area contributed by atoms with Crippen LogP contribution in [0.5, 0.6) is 0 Å². The van der Waals surface area contributed by atoms with Crippen LogP contribution in [-0.2, 0) is 6.61 Å². The molecule has 1 heterocycles. The molecule has 3 heteroatoms. The number of likely N-dealkylation sites (tertiary alicyclic amines) is 1. The molecule has 25 heavy (non-hydrogen) atoms. The first-order valence-corrected chi connectivity index (χ1v) is 9.33. The molecule has 1 saturated heterocycles. The summed E-state index contributed by atoms with van der Waals surface area (Å²) in [6.07, 6.45) is 5.16. The van der Waals surface area contributed by atoms with Gasteiger partial charge in [0.2, 0.25) is 0 Å². The molecule has 2 atom stereocenters. The van der Waals surface area contributed by atoms with E-state index in [0.717, 1.165) is 35.3 Å². The van der Waals surface area contributed by atoms with Crippen molar-refractivity contribution in [3.8, 4) is 11.1 Å². The smallest absolute Gasteiger partial charge is 0.253 e. The fourth-order valence-corrected chi connectivity index (χ4v) is 4.54. The zero-order valence-corrected chi connectivity index (χ0v) is 14.5. The molecule has 2 aromatic rings. The standard InChI is InChI=1S/C22H25NO2/c24-15-20-7-1-2-10-21(20)18-8-4-9-19(12-18)22(25)23-13-16-5-3-6-17(11-16)14-23/h1-2,4,7-10,12,16-17,24H,3,5-6,11,13-15H2. The highest BCUT2D eigenvalue weighted by Gasteiger charge is 2.32. The van der Waals surface area contributed by atoms with Crippen LogP contribution in [0.15, 0.2) is 48.5 Å². The van der Waals surface area contributed by atoms with Crippen molar-refractivity contribution in [3.63, 3.8) is 0 Å². The van der Waals surface area contributed by atoms with E-state index in [-0.39, 0.29) is 12.5 Å². The van der Waals surface area contributed by atoms with E-state index in [1.165, 1.54) is 25.7 Å². The summed E-state index contributed by atoms with van der Waals surface area (Å²) in [7, 11) is 0. The fraction of sp³-hybridized carbons (Fsp3) is 0.409. The molecule has 2 aromatic carbocycles. The summed E-state index contributed by atoms with van der Waals surface area (Å²) < 4.78 is 0. The first-order valence-electron chi connectivity index (χ1n) is 9.33. The van der Waals surface area contributed by atoms with E-state index >= 15 is 0 Å². The SMILES string of the molecule is O=C(c1cccc(-c2ccccc2CO)c1)N1CC2CCCC(C2)C1. The molecule has 1 amide bonds. The number of benzene rings is 2. The third-order valence-electron chi connectivity index (χ3n) is 5.74. The topological polar surface area (TPSA) is 40.5 Å². The molecule has 1 aliphatic carbocycles. The van der Waals surface area contributed by atoms with Crippen LogP contribution < -0.4 is 0 Å².